The molecular weight excluding hydrogens is 426 g/mol. The smallest absolute Gasteiger partial charge is 0.414 e. The molecular formula is C21H18ClN3O4S. The van der Waals surface area contributed by atoms with Gasteiger partial charge in [-0.15, -0.1) is 11.3 Å². The second-order valence-electron chi connectivity index (χ2n) is 6.48. The molecule has 0 spiro atoms. The zero-order valence-electron chi connectivity index (χ0n) is 15.8. The molecule has 1 N–H and O–H groups in total. The van der Waals surface area contributed by atoms with E-state index in [4.69, 9.17) is 21.1 Å². The maximum atomic E-state index is 12.5. The van der Waals surface area contributed by atoms with Gasteiger partial charge in [-0.3, -0.25) is 9.69 Å². The lowest BCUT2D eigenvalue weighted by Crippen LogP contribution is -2.25. The third-order valence-electron chi connectivity index (χ3n) is 4.35. The molecule has 0 radical (unpaired) electrons. The highest BCUT2D eigenvalue weighted by atomic mass is 35.5. The van der Waals surface area contributed by atoms with Crippen LogP contribution in [0.15, 0.2) is 53.9 Å². The molecule has 1 aliphatic heterocycles. The predicted molar refractivity (Wildman–Crippen MR) is 115 cm³/mol. The van der Waals surface area contributed by atoms with Crippen LogP contribution in [-0.4, -0.2) is 30.1 Å². The molecule has 2 aromatic carbocycles. The number of thiazole rings is 1. The van der Waals surface area contributed by atoms with E-state index in [1.54, 1.807) is 42.5 Å². The Morgan fingerprint density at radius 2 is 2.03 bits per heavy atom. The Labute approximate surface area is 182 Å². The number of amides is 2. The van der Waals surface area contributed by atoms with E-state index < -0.39 is 6.09 Å². The molecule has 2 heterocycles. The normalized spacial score (nSPS) is 13.2. The summed E-state index contributed by atoms with van der Waals surface area (Å²) in [6.07, 6.45) is -0.294. The first-order valence-corrected chi connectivity index (χ1v) is 10.5. The molecule has 1 fully saturated rings. The SMILES string of the molecule is O=C(Cc1csc(COc2ccc(Cl)cc2)n1)Nc1ccccc1N1CCOC1=O. The Bertz CT molecular complexity index is 1050. The molecule has 4 rings (SSSR count). The number of hydrogen-bond acceptors (Lipinski definition) is 6. The minimum absolute atomic E-state index is 0.121. The molecule has 0 bridgehead atoms. The Morgan fingerprint density at radius 3 is 2.80 bits per heavy atom. The predicted octanol–water partition coefficient (Wildman–Crippen LogP) is 4.51. The minimum Gasteiger partial charge on any atom is -0.486 e. The summed E-state index contributed by atoms with van der Waals surface area (Å²) in [5.74, 6) is 0.483. The molecule has 0 unspecified atom stereocenters. The topological polar surface area (TPSA) is 80.8 Å². The van der Waals surface area contributed by atoms with Crippen molar-refractivity contribution in [2.24, 2.45) is 0 Å². The van der Waals surface area contributed by atoms with E-state index in [-0.39, 0.29) is 12.3 Å². The fourth-order valence-corrected chi connectivity index (χ4v) is 3.79. The Balaban J connectivity index is 1.35. The monoisotopic (exact) mass is 443 g/mol. The summed E-state index contributed by atoms with van der Waals surface area (Å²) >= 11 is 7.30. The van der Waals surface area contributed by atoms with Crippen LogP contribution >= 0.6 is 22.9 Å². The number of anilines is 2. The number of para-hydroxylation sites is 2. The fourth-order valence-electron chi connectivity index (χ4n) is 2.96. The number of carbonyl (C=O) groups excluding carboxylic acids is 2. The van der Waals surface area contributed by atoms with Gasteiger partial charge in [-0.1, -0.05) is 23.7 Å². The van der Waals surface area contributed by atoms with Gasteiger partial charge in [0.1, 0.15) is 24.0 Å². The number of ether oxygens (including phenoxy) is 2. The number of cyclic esters (lactones) is 1. The fraction of sp³-hybridized carbons (Fsp3) is 0.190. The van der Waals surface area contributed by atoms with Crippen LogP contribution in [0.4, 0.5) is 16.2 Å². The van der Waals surface area contributed by atoms with E-state index in [0.717, 1.165) is 5.01 Å². The number of nitrogens with one attached hydrogen (secondary N) is 1. The number of benzene rings is 2. The van der Waals surface area contributed by atoms with Gasteiger partial charge in [0.15, 0.2) is 0 Å². The van der Waals surface area contributed by atoms with Crippen molar-refractivity contribution in [3.8, 4) is 5.75 Å². The number of rotatable bonds is 7. The van der Waals surface area contributed by atoms with Crippen LogP contribution < -0.4 is 15.0 Å². The molecule has 2 amide bonds. The molecule has 1 aromatic heterocycles. The van der Waals surface area contributed by atoms with Crippen LogP contribution in [0.1, 0.15) is 10.7 Å². The maximum absolute atomic E-state index is 12.5. The molecule has 9 heteroatoms. The third kappa shape index (κ3) is 4.90. The summed E-state index contributed by atoms with van der Waals surface area (Å²) in [6.45, 7) is 1.10. The zero-order valence-corrected chi connectivity index (χ0v) is 17.4. The molecule has 0 atom stereocenters. The van der Waals surface area contributed by atoms with Gasteiger partial charge in [-0.25, -0.2) is 9.78 Å². The molecule has 154 valence electrons. The summed E-state index contributed by atoms with van der Waals surface area (Å²) in [7, 11) is 0. The molecule has 1 saturated heterocycles. The Kier molecular flexibility index (Phi) is 6.15. The summed E-state index contributed by atoms with van der Waals surface area (Å²) in [4.78, 5) is 30.3. The van der Waals surface area contributed by atoms with Crippen molar-refractivity contribution >= 4 is 46.3 Å². The van der Waals surface area contributed by atoms with Crippen LogP contribution in [-0.2, 0) is 22.6 Å². The lowest BCUT2D eigenvalue weighted by Gasteiger charge is -2.17. The van der Waals surface area contributed by atoms with E-state index in [0.29, 0.717) is 47.6 Å². The average Bonchev–Trinajstić information content (AvgIpc) is 3.36. The zero-order chi connectivity index (χ0) is 20.9. The molecule has 3 aromatic rings. The van der Waals surface area contributed by atoms with Crippen molar-refractivity contribution in [1.82, 2.24) is 4.98 Å². The first-order chi connectivity index (χ1) is 14.6. The summed E-state index contributed by atoms with van der Waals surface area (Å²) in [6, 6.07) is 14.2. The second-order valence-corrected chi connectivity index (χ2v) is 7.86. The van der Waals surface area contributed by atoms with Crippen molar-refractivity contribution in [3.05, 3.63) is 69.6 Å². The first kappa shape index (κ1) is 20.2. The highest BCUT2D eigenvalue weighted by Crippen LogP contribution is 2.28. The van der Waals surface area contributed by atoms with Crippen LogP contribution in [0.2, 0.25) is 5.02 Å². The average molecular weight is 444 g/mol. The molecule has 0 saturated carbocycles. The Morgan fingerprint density at radius 1 is 1.23 bits per heavy atom. The first-order valence-electron chi connectivity index (χ1n) is 9.23. The molecule has 0 aliphatic carbocycles. The largest absolute Gasteiger partial charge is 0.486 e. The van der Waals surface area contributed by atoms with Gasteiger partial charge < -0.3 is 14.8 Å². The van der Waals surface area contributed by atoms with E-state index in [9.17, 15) is 9.59 Å². The lowest BCUT2D eigenvalue weighted by molar-refractivity contribution is -0.115. The van der Waals surface area contributed by atoms with Gasteiger partial charge in [0.25, 0.3) is 0 Å². The van der Waals surface area contributed by atoms with E-state index in [1.165, 1.54) is 16.2 Å². The van der Waals surface area contributed by atoms with Gasteiger partial charge in [0, 0.05) is 10.4 Å². The summed E-state index contributed by atoms with van der Waals surface area (Å²) < 4.78 is 10.7. The Hall–Kier alpha value is -3.10. The highest BCUT2D eigenvalue weighted by Gasteiger charge is 2.26. The lowest BCUT2D eigenvalue weighted by atomic mass is 10.2. The van der Waals surface area contributed by atoms with Crippen molar-refractivity contribution in [3.63, 3.8) is 0 Å². The molecule has 1 aliphatic rings. The van der Waals surface area contributed by atoms with E-state index in [1.807, 2.05) is 11.4 Å². The van der Waals surface area contributed by atoms with Gasteiger partial charge in [0.2, 0.25) is 5.91 Å². The number of halogens is 1. The van der Waals surface area contributed by atoms with Gasteiger partial charge in [0.05, 0.1) is 30.0 Å². The van der Waals surface area contributed by atoms with Crippen LogP contribution in [0.5, 0.6) is 5.75 Å². The van der Waals surface area contributed by atoms with E-state index >= 15 is 0 Å². The third-order valence-corrected chi connectivity index (χ3v) is 5.47. The number of carbonyl (C=O) groups is 2. The second kappa shape index (κ2) is 9.15. The van der Waals surface area contributed by atoms with Crippen molar-refractivity contribution in [2.75, 3.05) is 23.4 Å². The van der Waals surface area contributed by atoms with Crippen LogP contribution in [0.25, 0.3) is 0 Å². The summed E-state index contributed by atoms with van der Waals surface area (Å²) in [5.41, 5.74) is 1.83. The van der Waals surface area contributed by atoms with Crippen molar-refractivity contribution < 1.29 is 19.1 Å². The number of nitrogens with zero attached hydrogens (tertiary/aromatic N) is 2. The molecule has 30 heavy (non-hydrogen) atoms. The van der Waals surface area contributed by atoms with Gasteiger partial charge >= 0.3 is 6.09 Å². The summed E-state index contributed by atoms with van der Waals surface area (Å²) in [5, 5.41) is 6.12. The number of aromatic nitrogens is 1. The molecule has 7 nitrogen and oxygen atoms in total. The highest BCUT2D eigenvalue weighted by molar-refractivity contribution is 7.09. The van der Waals surface area contributed by atoms with Crippen molar-refractivity contribution in [2.45, 2.75) is 13.0 Å². The van der Waals surface area contributed by atoms with Crippen molar-refractivity contribution in [1.29, 1.82) is 0 Å². The van der Waals surface area contributed by atoms with Crippen LogP contribution in [0, 0.1) is 0 Å². The van der Waals surface area contributed by atoms with E-state index in [2.05, 4.69) is 10.3 Å². The van der Waals surface area contributed by atoms with Gasteiger partial charge in [-0.05, 0) is 36.4 Å². The minimum atomic E-state index is -0.415. The number of hydrogen-bond donors (Lipinski definition) is 1. The van der Waals surface area contributed by atoms with Crippen LogP contribution in [0.3, 0.4) is 0 Å². The quantitative estimate of drug-likeness (QED) is 0.581. The standard InChI is InChI=1S/C21H18ClN3O4S/c22-14-5-7-16(8-6-14)29-12-20-23-15(13-30-20)11-19(26)24-17-3-1-2-4-18(17)25-9-10-28-21(25)27/h1-8,13H,9-12H2,(H,24,26). The van der Waals surface area contributed by atoms with Gasteiger partial charge in [-0.2, -0.15) is 0 Å². The maximum Gasteiger partial charge on any atom is 0.414 e.